The number of esters is 1. The molecule has 0 atom stereocenters. The zero-order chi connectivity index (χ0) is 37.0. The van der Waals surface area contributed by atoms with Crippen LogP contribution >= 0.6 is 11.6 Å². The van der Waals surface area contributed by atoms with Gasteiger partial charge in [0.25, 0.3) is 0 Å². The van der Waals surface area contributed by atoms with E-state index in [9.17, 15) is 25.0 Å². The van der Waals surface area contributed by atoms with Crippen LogP contribution in [0.5, 0.6) is 47.3 Å². The van der Waals surface area contributed by atoms with Crippen LogP contribution in [0.1, 0.15) is 13.8 Å². The Labute approximate surface area is 277 Å². The number of carbonyl (C=O) groups excluding carboxylic acids is 1. The van der Waals surface area contributed by atoms with Crippen molar-refractivity contribution >= 4 is 34.6 Å². The number of anilines is 1. The number of aromatic nitrogens is 6. The third kappa shape index (κ3) is 12.8. The maximum Gasteiger partial charge on any atom is 0.392 e. The molecule has 2 N–H and O–H groups in total. The average molecular weight is 708 g/mol. The summed E-state index contributed by atoms with van der Waals surface area (Å²) in [7, 11) is 10.7. The Morgan fingerprint density at radius 2 is 0.917 bits per heavy atom. The second-order valence-electron chi connectivity index (χ2n) is 7.52. The van der Waals surface area contributed by atoms with Crippen LogP contribution in [0.15, 0.2) is 0 Å². The minimum absolute atomic E-state index is 0.0608. The third-order valence-corrected chi connectivity index (χ3v) is 4.85. The molecule has 0 spiro atoms. The summed E-state index contributed by atoms with van der Waals surface area (Å²) in [5.74, 6) is -0.601. The van der Waals surface area contributed by atoms with Gasteiger partial charge in [0.05, 0.1) is 73.3 Å². The number of nitrogens with two attached hydrogens (primary N) is 1. The largest absolute Gasteiger partial charge is 0.479 e. The van der Waals surface area contributed by atoms with Crippen molar-refractivity contribution in [3.63, 3.8) is 0 Å². The molecule has 0 fully saturated rings. The lowest BCUT2D eigenvalue weighted by molar-refractivity contribution is -0.387. The summed E-state index contributed by atoms with van der Waals surface area (Å²) < 4.78 is 42.6. The van der Waals surface area contributed by atoms with Crippen molar-refractivity contribution in [3.8, 4) is 47.3 Å². The van der Waals surface area contributed by atoms with E-state index in [1.54, 1.807) is 6.92 Å². The predicted molar refractivity (Wildman–Crippen MR) is 164 cm³/mol. The Hall–Kier alpha value is -6.00. The van der Waals surface area contributed by atoms with Gasteiger partial charge < -0.3 is 48.4 Å². The molecular weight excluding hydrogens is 674 g/mol. The fourth-order valence-electron chi connectivity index (χ4n) is 2.78. The zero-order valence-corrected chi connectivity index (χ0v) is 28.2. The highest BCUT2D eigenvalue weighted by molar-refractivity contribution is 6.28. The Morgan fingerprint density at radius 3 is 1.12 bits per heavy atom. The van der Waals surface area contributed by atoms with E-state index in [4.69, 9.17) is 45.8 Å². The summed E-state index contributed by atoms with van der Waals surface area (Å²) >= 11 is 5.48. The molecule has 0 amide bonds. The first-order chi connectivity index (χ1) is 22.7. The van der Waals surface area contributed by atoms with Crippen LogP contribution < -0.4 is 43.6 Å². The van der Waals surface area contributed by atoms with Gasteiger partial charge in [0.15, 0.2) is 5.69 Å². The van der Waals surface area contributed by atoms with E-state index >= 15 is 0 Å². The van der Waals surface area contributed by atoms with Gasteiger partial charge in [-0.05, 0) is 18.5 Å². The molecule has 0 radical (unpaired) electrons. The molecule has 0 unspecified atom stereocenters. The van der Waals surface area contributed by atoms with Crippen LogP contribution in [0.3, 0.4) is 0 Å². The van der Waals surface area contributed by atoms with Crippen molar-refractivity contribution in [1.82, 2.24) is 29.9 Å². The van der Waals surface area contributed by atoms with Gasteiger partial charge in [-0.25, -0.2) is 0 Å². The summed E-state index contributed by atoms with van der Waals surface area (Å²) in [4.78, 5) is 51.8. The summed E-state index contributed by atoms with van der Waals surface area (Å²) in [6.45, 7) is 3.65. The normalized spacial score (nSPS) is 9.31. The highest BCUT2D eigenvalue weighted by atomic mass is 35.5. The molecule has 48 heavy (non-hydrogen) atoms. The standard InChI is InChI=1S/C7H9N3O5.C7H11N3O3.C6H6ClN3O4.C4H8O2/c1-13-5-4(10(11)12)6(14-2)9-7(8-5)15-3;1-11-5-4(8)6(12-2)10-7(9-5)13-3;1-13-4-3(10(11)12)5(14-2)9-6(7)8-4;1-3-6-4(2)5/h1-3H3;8H2,1-3H3;1-2H3;3H2,1-2H3. The Bertz CT molecular complexity index is 1440. The number of hydrogen-bond acceptors (Lipinski definition) is 21. The number of ether oxygens (including phenoxy) is 9. The number of nitrogens with zero attached hydrogens (tertiary/aromatic N) is 8. The van der Waals surface area contributed by atoms with Gasteiger partial charge >= 0.3 is 52.9 Å². The van der Waals surface area contributed by atoms with E-state index in [-0.39, 0.29) is 64.2 Å². The van der Waals surface area contributed by atoms with Gasteiger partial charge in [0.2, 0.25) is 17.0 Å². The summed E-state index contributed by atoms with van der Waals surface area (Å²) in [5.41, 5.74) is 4.98. The average Bonchev–Trinajstić information content (AvgIpc) is 3.07. The first-order valence-corrected chi connectivity index (χ1v) is 13.0. The van der Waals surface area contributed by atoms with Crippen molar-refractivity contribution in [1.29, 1.82) is 0 Å². The predicted octanol–water partition coefficient (Wildman–Crippen LogP) is 2.12. The van der Waals surface area contributed by atoms with E-state index in [2.05, 4.69) is 44.1 Å². The van der Waals surface area contributed by atoms with Gasteiger partial charge in [-0.3, -0.25) is 25.0 Å². The van der Waals surface area contributed by atoms with Crippen LogP contribution in [0.4, 0.5) is 17.1 Å². The maximum absolute atomic E-state index is 10.7. The molecule has 3 aromatic heterocycles. The second-order valence-corrected chi connectivity index (χ2v) is 7.86. The SMILES string of the molecule is CCOC(C)=O.COc1nc(Cl)nc(OC)c1[N+](=O)[O-].COc1nc(OC)c(N)c(OC)n1.COc1nc(OC)c([N+](=O)[O-])c(OC)n1. The zero-order valence-electron chi connectivity index (χ0n) is 27.5. The molecule has 3 aromatic rings. The molecule has 3 heterocycles. The monoisotopic (exact) mass is 707 g/mol. The number of nitro groups is 2. The number of carbonyl (C=O) groups is 1. The quantitative estimate of drug-likeness (QED) is 0.129. The molecule has 0 aliphatic rings. The Morgan fingerprint density at radius 1 is 0.625 bits per heavy atom. The van der Waals surface area contributed by atoms with Gasteiger partial charge in [0.1, 0.15) is 0 Å². The number of methoxy groups -OCH3 is 8. The molecule has 3 rings (SSSR count). The molecule has 0 saturated heterocycles. The molecule has 0 saturated carbocycles. The van der Waals surface area contributed by atoms with Crippen molar-refractivity contribution in [3.05, 3.63) is 25.5 Å². The fraction of sp³-hybridized carbons (Fsp3) is 0.458. The molecule has 0 aliphatic heterocycles. The Balaban J connectivity index is 0.000000638. The molecule has 23 nitrogen and oxygen atoms in total. The van der Waals surface area contributed by atoms with E-state index in [1.807, 2.05) is 0 Å². The maximum atomic E-state index is 10.7. The summed E-state index contributed by atoms with van der Waals surface area (Å²) in [6.07, 6.45) is 0. The molecule has 0 aliphatic carbocycles. The lowest BCUT2D eigenvalue weighted by atomic mass is 10.5. The number of rotatable bonds is 11. The van der Waals surface area contributed by atoms with Crippen LogP contribution in [-0.4, -0.2) is 109 Å². The van der Waals surface area contributed by atoms with Gasteiger partial charge in [-0.1, -0.05) is 0 Å². The first-order valence-electron chi connectivity index (χ1n) is 12.6. The van der Waals surface area contributed by atoms with Crippen LogP contribution in [0.25, 0.3) is 0 Å². The van der Waals surface area contributed by atoms with Crippen molar-refractivity contribution < 1.29 is 57.3 Å². The van der Waals surface area contributed by atoms with Gasteiger partial charge in [-0.15, -0.1) is 0 Å². The summed E-state index contributed by atoms with van der Waals surface area (Å²) in [6, 6.07) is 0.0946. The van der Waals surface area contributed by atoms with Crippen molar-refractivity contribution in [2.75, 3.05) is 69.2 Å². The smallest absolute Gasteiger partial charge is 0.392 e. The molecule has 266 valence electrons. The fourth-order valence-corrected chi connectivity index (χ4v) is 2.93. The number of hydrogen-bond donors (Lipinski definition) is 1. The summed E-state index contributed by atoms with van der Waals surface area (Å²) in [5, 5.41) is 21.1. The Kier molecular flexibility index (Phi) is 19.0. The van der Waals surface area contributed by atoms with E-state index in [1.165, 1.54) is 63.8 Å². The van der Waals surface area contributed by atoms with E-state index in [0.29, 0.717) is 6.61 Å². The lowest BCUT2D eigenvalue weighted by Gasteiger charge is -2.08. The molecule has 24 heteroatoms. The van der Waals surface area contributed by atoms with Crippen LogP contribution in [-0.2, 0) is 9.53 Å². The molecule has 0 aromatic carbocycles. The van der Waals surface area contributed by atoms with E-state index in [0.717, 1.165) is 0 Å². The topological polar surface area (TPSA) is 290 Å². The van der Waals surface area contributed by atoms with Crippen LogP contribution in [0, 0.1) is 20.2 Å². The molecule has 0 bridgehead atoms. The van der Waals surface area contributed by atoms with Gasteiger partial charge in [0, 0.05) is 6.92 Å². The minimum Gasteiger partial charge on any atom is -0.479 e. The van der Waals surface area contributed by atoms with Crippen molar-refractivity contribution in [2.24, 2.45) is 0 Å². The highest BCUT2D eigenvalue weighted by Gasteiger charge is 2.28. The van der Waals surface area contributed by atoms with Crippen molar-refractivity contribution in [2.45, 2.75) is 13.8 Å². The van der Waals surface area contributed by atoms with Gasteiger partial charge in [-0.2, -0.15) is 29.9 Å². The number of halogens is 1. The third-order valence-electron chi connectivity index (χ3n) is 4.69. The number of nitrogen functional groups attached to an aromatic ring is 1. The highest BCUT2D eigenvalue weighted by Crippen LogP contribution is 2.35. The second kappa shape index (κ2) is 21.7. The molecular formula is C24H34ClN9O14. The minimum atomic E-state index is -0.700. The van der Waals surface area contributed by atoms with Crippen LogP contribution in [0.2, 0.25) is 5.28 Å². The van der Waals surface area contributed by atoms with E-state index < -0.39 is 21.2 Å². The lowest BCUT2D eigenvalue weighted by Crippen LogP contribution is -2.03. The first kappa shape index (κ1) is 42.0.